The summed E-state index contributed by atoms with van der Waals surface area (Å²) in [5, 5.41) is 0.829. The third-order valence-corrected chi connectivity index (χ3v) is 5.31. The zero-order valence-electron chi connectivity index (χ0n) is 10.4. The first-order chi connectivity index (χ1) is 9.42. The van der Waals surface area contributed by atoms with Gasteiger partial charge in [0.05, 0.1) is 5.69 Å². The summed E-state index contributed by atoms with van der Waals surface area (Å²) in [4.78, 5) is 0.779. The molecule has 1 N–H and O–H groups in total. The average Bonchev–Trinajstić information content (AvgIpc) is 2.38. The second kappa shape index (κ2) is 6.26. The Bertz CT molecular complexity index is 733. The summed E-state index contributed by atoms with van der Waals surface area (Å²) in [6.07, 6.45) is 1.81. The van der Waals surface area contributed by atoms with Crippen molar-refractivity contribution in [2.24, 2.45) is 0 Å². The van der Waals surface area contributed by atoms with Crippen molar-refractivity contribution in [2.75, 3.05) is 11.0 Å². The Hall–Kier alpha value is -0.880. The van der Waals surface area contributed by atoms with Gasteiger partial charge in [0.2, 0.25) is 0 Å². The minimum Gasteiger partial charge on any atom is -0.280 e. The van der Waals surface area contributed by atoms with Gasteiger partial charge in [0.1, 0.15) is 4.90 Å². The Kier molecular flexibility index (Phi) is 4.86. The summed E-state index contributed by atoms with van der Waals surface area (Å²) >= 11 is 13.1. The van der Waals surface area contributed by atoms with Gasteiger partial charge in [-0.25, -0.2) is 8.42 Å². The molecular formula is C13H11Cl2NO2S2. The van der Waals surface area contributed by atoms with Gasteiger partial charge in [-0.3, -0.25) is 4.72 Å². The molecule has 0 bridgehead atoms. The van der Waals surface area contributed by atoms with Crippen molar-refractivity contribution in [3.05, 3.63) is 52.5 Å². The molecule has 0 radical (unpaired) electrons. The molecular weight excluding hydrogens is 337 g/mol. The van der Waals surface area contributed by atoms with E-state index in [2.05, 4.69) is 4.72 Å². The Labute approximate surface area is 132 Å². The maximum absolute atomic E-state index is 12.4. The van der Waals surface area contributed by atoms with Crippen molar-refractivity contribution >= 4 is 50.7 Å². The fraction of sp³-hybridized carbons (Fsp3) is 0.0769. The molecule has 0 saturated heterocycles. The van der Waals surface area contributed by atoms with E-state index in [9.17, 15) is 8.42 Å². The van der Waals surface area contributed by atoms with Crippen molar-refractivity contribution in [3.8, 4) is 0 Å². The molecule has 2 aromatic carbocycles. The number of anilines is 1. The molecule has 0 amide bonds. The molecule has 0 aliphatic heterocycles. The highest BCUT2D eigenvalue weighted by atomic mass is 35.5. The predicted octanol–water partition coefficient (Wildman–Crippen LogP) is 4.52. The van der Waals surface area contributed by atoms with Crippen LogP contribution in [0, 0.1) is 0 Å². The molecule has 0 heterocycles. The Morgan fingerprint density at radius 1 is 1.05 bits per heavy atom. The van der Waals surface area contributed by atoms with Gasteiger partial charge in [-0.15, -0.1) is 11.8 Å². The summed E-state index contributed by atoms with van der Waals surface area (Å²) in [5.41, 5.74) is 0.407. The van der Waals surface area contributed by atoms with E-state index in [0.29, 0.717) is 20.6 Å². The van der Waals surface area contributed by atoms with Gasteiger partial charge in [0.25, 0.3) is 10.0 Å². The molecule has 7 heteroatoms. The first-order valence-corrected chi connectivity index (χ1v) is 9.01. The standard InChI is InChI=1S/C13H11Cl2NO2S2/c1-19-12-6-5-10(15)8-13(12)20(17,18)16-11-4-2-3-9(14)7-11/h2-8,16H,1H3. The zero-order valence-corrected chi connectivity index (χ0v) is 13.6. The Morgan fingerprint density at radius 2 is 1.75 bits per heavy atom. The highest BCUT2D eigenvalue weighted by Crippen LogP contribution is 2.29. The van der Waals surface area contributed by atoms with Gasteiger partial charge < -0.3 is 0 Å². The van der Waals surface area contributed by atoms with Gasteiger partial charge in [0, 0.05) is 14.9 Å². The van der Waals surface area contributed by atoms with Crippen molar-refractivity contribution in [2.45, 2.75) is 9.79 Å². The lowest BCUT2D eigenvalue weighted by molar-refractivity contribution is 0.599. The highest BCUT2D eigenvalue weighted by Gasteiger charge is 2.19. The van der Waals surface area contributed by atoms with Gasteiger partial charge in [-0.05, 0) is 42.7 Å². The molecule has 0 unspecified atom stereocenters. The second-order valence-corrected chi connectivity index (χ2v) is 7.28. The molecule has 2 aromatic rings. The summed E-state index contributed by atoms with van der Waals surface area (Å²) < 4.78 is 27.3. The van der Waals surface area contributed by atoms with Crippen LogP contribution in [-0.2, 0) is 10.0 Å². The number of sulfonamides is 1. The topological polar surface area (TPSA) is 46.2 Å². The van der Waals surface area contributed by atoms with E-state index >= 15 is 0 Å². The van der Waals surface area contributed by atoms with Crippen molar-refractivity contribution in [1.82, 2.24) is 0 Å². The SMILES string of the molecule is CSc1ccc(Cl)cc1S(=O)(=O)Nc1cccc(Cl)c1. The normalized spacial score (nSPS) is 11.3. The van der Waals surface area contributed by atoms with E-state index in [1.807, 2.05) is 6.26 Å². The number of thioether (sulfide) groups is 1. The molecule has 0 spiro atoms. The summed E-state index contributed by atoms with van der Waals surface area (Å²) in [7, 11) is -3.71. The van der Waals surface area contributed by atoms with Gasteiger partial charge in [-0.2, -0.15) is 0 Å². The summed E-state index contributed by atoms with van der Waals surface area (Å²) in [6, 6.07) is 11.3. The van der Waals surface area contributed by atoms with Crippen LogP contribution in [0.15, 0.2) is 52.3 Å². The van der Waals surface area contributed by atoms with E-state index in [1.165, 1.54) is 17.8 Å². The van der Waals surface area contributed by atoms with Crippen molar-refractivity contribution in [3.63, 3.8) is 0 Å². The number of nitrogens with one attached hydrogen (secondary N) is 1. The van der Waals surface area contributed by atoms with Crippen LogP contribution in [0.2, 0.25) is 10.0 Å². The summed E-state index contributed by atoms with van der Waals surface area (Å²) in [6.45, 7) is 0. The first kappa shape index (κ1) is 15.5. The molecule has 0 atom stereocenters. The zero-order chi connectivity index (χ0) is 14.8. The molecule has 0 aromatic heterocycles. The van der Waals surface area contributed by atoms with E-state index in [4.69, 9.17) is 23.2 Å². The van der Waals surface area contributed by atoms with Gasteiger partial charge in [-0.1, -0.05) is 29.3 Å². The Morgan fingerprint density at radius 3 is 2.40 bits per heavy atom. The highest BCUT2D eigenvalue weighted by molar-refractivity contribution is 7.99. The predicted molar refractivity (Wildman–Crippen MR) is 85.5 cm³/mol. The van der Waals surface area contributed by atoms with E-state index < -0.39 is 10.0 Å². The largest absolute Gasteiger partial charge is 0.280 e. The monoisotopic (exact) mass is 347 g/mol. The van der Waals surface area contributed by atoms with Crippen LogP contribution < -0.4 is 4.72 Å². The molecule has 106 valence electrons. The van der Waals surface area contributed by atoms with Crippen LogP contribution in [0.5, 0.6) is 0 Å². The lowest BCUT2D eigenvalue weighted by Gasteiger charge is -2.11. The maximum Gasteiger partial charge on any atom is 0.263 e. The van der Waals surface area contributed by atoms with Crippen LogP contribution in [0.3, 0.4) is 0 Å². The molecule has 2 rings (SSSR count). The molecule has 0 saturated carbocycles. The molecule has 3 nitrogen and oxygen atoms in total. The van der Waals surface area contributed by atoms with Gasteiger partial charge in [0.15, 0.2) is 0 Å². The molecule has 0 aliphatic rings. The fourth-order valence-corrected chi connectivity index (χ4v) is 4.26. The minimum absolute atomic E-state index is 0.150. The van der Waals surface area contributed by atoms with Crippen molar-refractivity contribution in [1.29, 1.82) is 0 Å². The minimum atomic E-state index is -3.71. The third kappa shape index (κ3) is 3.61. The number of hydrogen-bond donors (Lipinski definition) is 1. The second-order valence-electron chi connectivity index (χ2n) is 3.91. The van der Waals surface area contributed by atoms with E-state index in [0.717, 1.165) is 0 Å². The van der Waals surface area contributed by atoms with Crippen LogP contribution in [-0.4, -0.2) is 14.7 Å². The van der Waals surface area contributed by atoms with E-state index in [-0.39, 0.29) is 4.90 Å². The molecule has 20 heavy (non-hydrogen) atoms. The van der Waals surface area contributed by atoms with Crippen LogP contribution in [0.1, 0.15) is 0 Å². The van der Waals surface area contributed by atoms with Crippen LogP contribution in [0.25, 0.3) is 0 Å². The Balaban J connectivity index is 2.43. The van der Waals surface area contributed by atoms with Crippen molar-refractivity contribution < 1.29 is 8.42 Å². The van der Waals surface area contributed by atoms with E-state index in [1.54, 1.807) is 36.4 Å². The number of rotatable bonds is 4. The maximum atomic E-state index is 12.4. The lowest BCUT2D eigenvalue weighted by atomic mass is 10.3. The fourth-order valence-electron chi connectivity index (χ4n) is 1.62. The molecule has 0 aliphatic carbocycles. The number of benzene rings is 2. The van der Waals surface area contributed by atoms with Crippen LogP contribution in [0.4, 0.5) is 5.69 Å². The first-order valence-electron chi connectivity index (χ1n) is 5.54. The third-order valence-electron chi connectivity index (χ3n) is 2.49. The average molecular weight is 348 g/mol. The quantitative estimate of drug-likeness (QED) is 0.827. The summed E-state index contributed by atoms with van der Waals surface area (Å²) in [5.74, 6) is 0. The number of hydrogen-bond acceptors (Lipinski definition) is 3. The smallest absolute Gasteiger partial charge is 0.263 e. The van der Waals surface area contributed by atoms with Crippen LogP contribution >= 0.6 is 35.0 Å². The van der Waals surface area contributed by atoms with Gasteiger partial charge >= 0.3 is 0 Å². The number of halogens is 2. The lowest BCUT2D eigenvalue weighted by Crippen LogP contribution is -2.13. The molecule has 0 fully saturated rings.